The summed E-state index contributed by atoms with van der Waals surface area (Å²) < 4.78 is 20.0. The summed E-state index contributed by atoms with van der Waals surface area (Å²) >= 11 is 0. The highest BCUT2D eigenvalue weighted by molar-refractivity contribution is 5.84. The van der Waals surface area contributed by atoms with Crippen molar-refractivity contribution in [3.8, 4) is 5.75 Å². The molecule has 6 nitrogen and oxygen atoms in total. The molecule has 0 radical (unpaired) electrons. The third-order valence-corrected chi connectivity index (χ3v) is 8.14. The Morgan fingerprint density at radius 2 is 2.00 bits per heavy atom. The molecule has 34 heavy (non-hydrogen) atoms. The number of rotatable bonds is 9. The van der Waals surface area contributed by atoms with Crippen molar-refractivity contribution in [3.05, 3.63) is 35.8 Å². The van der Waals surface area contributed by atoms with Gasteiger partial charge in [0, 0.05) is 10.9 Å². The molecule has 1 saturated carbocycles. The highest BCUT2D eigenvalue weighted by atomic mass is 19.1. The maximum absolute atomic E-state index is 14.7. The number of carbonyl (C=O) groups is 1. The molecule has 1 atom stereocenters. The molecule has 0 spiro atoms. The Kier molecular flexibility index (Phi) is 8.04. The number of pyridine rings is 1. The van der Waals surface area contributed by atoms with E-state index in [2.05, 4.69) is 9.88 Å². The van der Waals surface area contributed by atoms with Crippen molar-refractivity contribution >= 4 is 16.9 Å². The maximum atomic E-state index is 14.7. The summed E-state index contributed by atoms with van der Waals surface area (Å²) in [4.78, 5) is 18.8. The number of benzene rings is 1. The van der Waals surface area contributed by atoms with Gasteiger partial charge in [-0.05, 0) is 75.9 Å². The summed E-state index contributed by atoms with van der Waals surface area (Å²) in [6.45, 7) is 2.57. The van der Waals surface area contributed by atoms with Crippen LogP contribution in [0.4, 0.5) is 4.39 Å². The summed E-state index contributed by atoms with van der Waals surface area (Å²) in [7, 11) is 1.53. The standard InChI is InChI=1S/C27H37FN2O4/c1-34-20-7-8-23-21(17-20)25(22(28)18-29-23)24(31)9-11-27(26(32)33)12-15-30(16-13-27)14-10-19-5-3-2-4-6-19/h7-8,17-19,24,31H,2-6,9-16H2,1H3,(H,32,33)/t24-/m1/s1. The number of hydrogen-bond donors (Lipinski definition) is 2. The van der Waals surface area contributed by atoms with Gasteiger partial charge in [0.25, 0.3) is 0 Å². The van der Waals surface area contributed by atoms with E-state index < -0.39 is 23.3 Å². The van der Waals surface area contributed by atoms with Crippen molar-refractivity contribution in [3.63, 3.8) is 0 Å². The lowest BCUT2D eigenvalue weighted by Crippen LogP contribution is -2.45. The van der Waals surface area contributed by atoms with Gasteiger partial charge in [-0.1, -0.05) is 32.1 Å². The first-order valence-corrected chi connectivity index (χ1v) is 12.7. The van der Waals surface area contributed by atoms with Crippen molar-refractivity contribution in [1.82, 2.24) is 9.88 Å². The summed E-state index contributed by atoms with van der Waals surface area (Å²) in [6, 6.07) is 5.14. The van der Waals surface area contributed by atoms with Gasteiger partial charge in [0.2, 0.25) is 0 Å². The summed E-state index contributed by atoms with van der Waals surface area (Å²) in [5, 5.41) is 21.5. The number of hydrogen-bond acceptors (Lipinski definition) is 5. The fourth-order valence-corrected chi connectivity index (χ4v) is 5.81. The fourth-order valence-electron chi connectivity index (χ4n) is 5.81. The van der Waals surface area contributed by atoms with E-state index in [-0.39, 0.29) is 12.0 Å². The van der Waals surface area contributed by atoms with Crippen LogP contribution in [0.3, 0.4) is 0 Å². The lowest BCUT2D eigenvalue weighted by atomic mass is 9.74. The average molecular weight is 473 g/mol. The first-order chi connectivity index (χ1) is 16.4. The Bertz CT molecular complexity index is 984. The van der Waals surface area contributed by atoms with Crippen LogP contribution in [0, 0.1) is 17.2 Å². The number of aliphatic hydroxyl groups excluding tert-OH is 1. The fraction of sp³-hybridized carbons (Fsp3) is 0.630. The van der Waals surface area contributed by atoms with E-state index in [0.29, 0.717) is 35.9 Å². The third kappa shape index (κ3) is 5.52. The van der Waals surface area contributed by atoms with Gasteiger partial charge in [-0.25, -0.2) is 4.39 Å². The second-order valence-electron chi connectivity index (χ2n) is 10.2. The molecule has 0 bridgehead atoms. The normalized spacial score (nSPS) is 20.3. The number of fused-ring (bicyclic) bond motifs is 1. The number of methoxy groups -OCH3 is 1. The zero-order chi connectivity index (χ0) is 24.1. The van der Waals surface area contributed by atoms with E-state index in [1.54, 1.807) is 18.2 Å². The Morgan fingerprint density at radius 1 is 1.26 bits per heavy atom. The number of nitrogens with zero attached hydrogens (tertiary/aromatic N) is 2. The topological polar surface area (TPSA) is 82.9 Å². The highest BCUT2D eigenvalue weighted by Crippen LogP contribution is 2.40. The van der Waals surface area contributed by atoms with Gasteiger partial charge in [0.05, 0.1) is 30.3 Å². The first kappa shape index (κ1) is 24.9. The van der Waals surface area contributed by atoms with Gasteiger partial charge in [0.15, 0.2) is 0 Å². The summed E-state index contributed by atoms with van der Waals surface area (Å²) in [5.41, 5.74) is -0.149. The molecule has 2 fully saturated rings. The van der Waals surface area contributed by atoms with Crippen molar-refractivity contribution in [1.29, 1.82) is 0 Å². The van der Waals surface area contributed by atoms with E-state index in [0.717, 1.165) is 31.7 Å². The first-order valence-electron chi connectivity index (χ1n) is 12.7. The molecule has 186 valence electrons. The number of ether oxygens (including phenoxy) is 1. The van der Waals surface area contributed by atoms with Crippen molar-refractivity contribution in [2.45, 2.75) is 70.3 Å². The van der Waals surface area contributed by atoms with Crippen LogP contribution < -0.4 is 4.74 Å². The average Bonchev–Trinajstić information content (AvgIpc) is 2.86. The molecular weight excluding hydrogens is 435 g/mol. The molecule has 0 unspecified atom stereocenters. The number of aliphatic hydroxyl groups is 1. The number of aromatic nitrogens is 1. The molecule has 1 saturated heterocycles. The summed E-state index contributed by atoms with van der Waals surface area (Å²) in [6.07, 6.45) is 9.54. The third-order valence-electron chi connectivity index (χ3n) is 8.14. The van der Waals surface area contributed by atoms with Crippen LogP contribution in [-0.4, -0.2) is 52.8 Å². The van der Waals surface area contributed by atoms with Crippen molar-refractivity contribution < 1.29 is 24.1 Å². The van der Waals surface area contributed by atoms with Crippen molar-refractivity contribution in [2.24, 2.45) is 11.3 Å². The number of halogens is 1. The molecule has 2 aliphatic rings. The largest absolute Gasteiger partial charge is 0.497 e. The van der Waals surface area contributed by atoms with E-state index in [1.807, 2.05) is 0 Å². The minimum atomic E-state index is -1.11. The maximum Gasteiger partial charge on any atom is 0.309 e. The van der Waals surface area contributed by atoms with Crippen LogP contribution in [0.25, 0.3) is 10.9 Å². The van der Waals surface area contributed by atoms with Gasteiger partial charge < -0.3 is 19.8 Å². The molecule has 1 aromatic heterocycles. The molecule has 4 rings (SSSR count). The second kappa shape index (κ2) is 11.0. The lowest BCUT2D eigenvalue weighted by Gasteiger charge is -2.40. The predicted molar refractivity (Wildman–Crippen MR) is 129 cm³/mol. The molecule has 1 aliphatic carbocycles. The van der Waals surface area contributed by atoms with Gasteiger partial charge in [-0.15, -0.1) is 0 Å². The molecule has 1 aliphatic heterocycles. The molecule has 0 amide bonds. The smallest absolute Gasteiger partial charge is 0.309 e. The zero-order valence-corrected chi connectivity index (χ0v) is 20.1. The number of carboxylic acid groups (broad SMARTS) is 1. The van der Waals surface area contributed by atoms with E-state index in [1.165, 1.54) is 45.6 Å². The number of likely N-dealkylation sites (tertiary alicyclic amines) is 1. The van der Waals surface area contributed by atoms with Gasteiger partial charge >= 0.3 is 5.97 Å². The second-order valence-corrected chi connectivity index (χ2v) is 10.2. The van der Waals surface area contributed by atoms with Crippen LogP contribution in [0.2, 0.25) is 0 Å². The Morgan fingerprint density at radius 3 is 2.68 bits per heavy atom. The quantitative estimate of drug-likeness (QED) is 0.513. The zero-order valence-electron chi connectivity index (χ0n) is 20.1. The molecule has 7 heteroatoms. The minimum Gasteiger partial charge on any atom is -0.497 e. The van der Waals surface area contributed by atoms with E-state index in [4.69, 9.17) is 4.74 Å². The van der Waals surface area contributed by atoms with Crippen LogP contribution >= 0.6 is 0 Å². The molecule has 2 N–H and O–H groups in total. The molecular formula is C27H37FN2O4. The molecule has 2 aromatic rings. The minimum absolute atomic E-state index is 0.161. The van der Waals surface area contributed by atoms with Gasteiger partial charge in [-0.3, -0.25) is 9.78 Å². The number of piperidine rings is 1. The van der Waals surface area contributed by atoms with E-state index >= 15 is 0 Å². The summed E-state index contributed by atoms with van der Waals surface area (Å²) in [5.74, 6) is -0.0294. The van der Waals surface area contributed by atoms with Crippen LogP contribution in [-0.2, 0) is 4.79 Å². The van der Waals surface area contributed by atoms with Crippen LogP contribution in [0.5, 0.6) is 5.75 Å². The molecule has 1 aromatic carbocycles. The highest BCUT2D eigenvalue weighted by Gasteiger charge is 2.41. The Hall–Kier alpha value is -2.25. The predicted octanol–water partition coefficient (Wildman–Crippen LogP) is 5.33. The monoisotopic (exact) mass is 472 g/mol. The SMILES string of the molecule is COc1ccc2ncc(F)c([C@H](O)CCC3(C(=O)O)CCN(CCC4CCCCC4)CC3)c2c1. The van der Waals surface area contributed by atoms with Crippen LogP contribution in [0.15, 0.2) is 24.4 Å². The number of aliphatic carboxylic acids is 1. The Labute approximate surface area is 201 Å². The lowest BCUT2D eigenvalue weighted by molar-refractivity contribution is -0.153. The Balaban J connectivity index is 1.39. The van der Waals surface area contributed by atoms with Crippen LogP contribution in [0.1, 0.15) is 75.9 Å². The van der Waals surface area contributed by atoms with Gasteiger partial charge in [-0.2, -0.15) is 0 Å². The van der Waals surface area contributed by atoms with Gasteiger partial charge in [0.1, 0.15) is 11.6 Å². The molecule has 2 heterocycles. The number of carboxylic acids is 1. The van der Waals surface area contributed by atoms with E-state index in [9.17, 15) is 19.4 Å². The van der Waals surface area contributed by atoms with Crippen molar-refractivity contribution in [2.75, 3.05) is 26.7 Å².